The molecular weight excluding hydrogens is 445 g/mol. The predicted octanol–water partition coefficient (Wildman–Crippen LogP) is 9.23. The molecule has 0 amide bonds. The highest BCUT2D eigenvalue weighted by Gasteiger charge is 2.25. The van der Waals surface area contributed by atoms with Crippen LogP contribution in [0.3, 0.4) is 0 Å². The summed E-state index contributed by atoms with van der Waals surface area (Å²) in [5, 5.41) is 0. The molecule has 0 aliphatic carbocycles. The van der Waals surface area contributed by atoms with Crippen molar-refractivity contribution in [1.29, 1.82) is 0 Å². The van der Waals surface area contributed by atoms with E-state index in [1.807, 2.05) is 31.2 Å². The van der Waals surface area contributed by atoms with E-state index in [4.69, 9.17) is 4.74 Å². The van der Waals surface area contributed by atoms with Crippen molar-refractivity contribution < 1.29 is 17.9 Å². The second-order valence-corrected chi connectivity index (χ2v) is 9.69. The van der Waals surface area contributed by atoms with Crippen molar-refractivity contribution >= 4 is 0 Å². The smallest absolute Gasteiger partial charge is 0.166 e. The molecule has 1 aliphatic rings. The Kier molecular flexibility index (Phi) is 8.67. The van der Waals surface area contributed by atoms with Gasteiger partial charge in [-0.3, -0.25) is 0 Å². The van der Waals surface area contributed by atoms with E-state index in [0.29, 0.717) is 35.8 Å². The fourth-order valence-electron chi connectivity index (χ4n) is 5.06. The zero-order valence-corrected chi connectivity index (χ0v) is 20.8. The predicted molar refractivity (Wildman–Crippen MR) is 137 cm³/mol. The van der Waals surface area contributed by atoms with Crippen molar-refractivity contribution in [3.63, 3.8) is 0 Å². The van der Waals surface area contributed by atoms with Crippen LogP contribution in [-0.4, -0.2) is 12.7 Å². The minimum atomic E-state index is -0.818. The zero-order chi connectivity index (χ0) is 24.8. The number of ether oxygens (including phenoxy) is 1. The topological polar surface area (TPSA) is 9.23 Å². The average Bonchev–Trinajstić information content (AvgIpc) is 2.88. The quantitative estimate of drug-likeness (QED) is 0.277. The summed E-state index contributed by atoms with van der Waals surface area (Å²) in [5.41, 5.74) is 3.53. The summed E-state index contributed by atoms with van der Waals surface area (Å²) in [6.07, 6.45) is 8.23. The summed E-state index contributed by atoms with van der Waals surface area (Å²) in [6, 6.07) is 15.8. The van der Waals surface area contributed by atoms with Gasteiger partial charge in [0.1, 0.15) is 5.82 Å². The molecule has 2 unspecified atom stereocenters. The summed E-state index contributed by atoms with van der Waals surface area (Å²) < 4.78 is 50.1. The molecule has 186 valence electrons. The molecule has 0 aromatic heterocycles. The average molecular weight is 481 g/mol. The zero-order valence-electron chi connectivity index (χ0n) is 20.8. The third-order valence-electron chi connectivity index (χ3n) is 7.15. The van der Waals surface area contributed by atoms with E-state index in [1.165, 1.54) is 19.3 Å². The van der Waals surface area contributed by atoms with Gasteiger partial charge in [0.15, 0.2) is 11.6 Å². The molecule has 1 nitrogen and oxygen atoms in total. The Hall–Kier alpha value is -2.59. The van der Waals surface area contributed by atoms with Gasteiger partial charge in [0.05, 0.1) is 12.7 Å². The van der Waals surface area contributed by atoms with Gasteiger partial charge in [0.25, 0.3) is 0 Å². The SMILES string of the molecule is CCCCCC1CCC(c2ccc(-c3ccc(-c4ccc(CCC)c(F)c4F)cc3)cc2F)CO1. The molecule has 1 heterocycles. The molecule has 0 saturated carbocycles. The molecule has 1 aliphatic heterocycles. The van der Waals surface area contributed by atoms with Gasteiger partial charge in [-0.05, 0) is 59.6 Å². The van der Waals surface area contributed by atoms with Crippen LogP contribution in [0.4, 0.5) is 13.2 Å². The first kappa shape index (κ1) is 25.5. The molecule has 1 saturated heterocycles. The van der Waals surface area contributed by atoms with Gasteiger partial charge in [0, 0.05) is 11.5 Å². The molecule has 0 spiro atoms. The maximum atomic E-state index is 15.1. The van der Waals surface area contributed by atoms with Crippen molar-refractivity contribution in [2.75, 3.05) is 6.61 Å². The van der Waals surface area contributed by atoms with Gasteiger partial charge in [0.2, 0.25) is 0 Å². The molecule has 1 fully saturated rings. The standard InChI is InChI=1S/C31H35F3O/c1-3-5-6-8-26-16-13-25(20-35-26)27-17-15-24(19-29(27)32)21-9-11-22(12-10-21)28-18-14-23(7-4-2)30(33)31(28)34/h9-12,14-15,17-19,25-26H,3-8,13,16,20H2,1-2H3. The molecule has 0 radical (unpaired) electrons. The minimum absolute atomic E-state index is 0.0856. The number of aryl methyl sites for hydroxylation is 1. The third-order valence-corrected chi connectivity index (χ3v) is 7.15. The Labute approximate surface area is 207 Å². The molecule has 4 rings (SSSR count). The van der Waals surface area contributed by atoms with E-state index >= 15 is 4.39 Å². The lowest BCUT2D eigenvalue weighted by Crippen LogP contribution is -2.25. The van der Waals surface area contributed by atoms with E-state index in [0.717, 1.165) is 36.8 Å². The number of unbranched alkanes of at least 4 members (excludes halogenated alkanes) is 2. The highest BCUT2D eigenvalue weighted by Crippen LogP contribution is 2.34. The van der Waals surface area contributed by atoms with Gasteiger partial charge in [-0.15, -0.1) is 0 Å². The molecule has 3 aromatic carbocycles. The molecular formula is C31H35F3O. The van der Waals surface area contributed by atoms with E-state index in [1.54, 1.807) is 30.3 Å². The maximum absolute atomic E-state index is 15.1. The highest BCUT2D eigenvalue weighted by atomic mass is 19.2. The van der Waals surface area contributed by atoms with Crippen LogP contribution in [0.15, 0.2) is 54.6 Å². The van der Waals surface area contributed by atoms with E-state index in [2.05, 4.69) is 6.92 Å². The number of rotatable bonds is 9. The van der Waals surface area contributed by atoms with Crippen molar-refractivity contribution in [1.82, 2.24) is 0 Å². The molecule has 3 aromatic rings. The molecule has 0 N–H and O–H groups in total. The number of hydrogen-bond acceptors (Lipinski definition) is 1. The Bertz CT molecular complexity index is 1110. The van der Waals surface area contributed by atoms with E-state index in [-0.39, 0.29) is 17.3 Å². The van der Waals surface area contributed by atoms with Crippen LogP contribution < -0.4 is 0 Å². The Morgan fingerprint density at radius 3 is 2.17 bits per heavy atom. The number of hydrogen-bond donors (Lipinski definition) is 0. The first-order valence-corrected chi connectivity index (χ1v) is 13.0. The summed E-state index contributed by atoms with van der Waals surface area (Å²) >= 11 is 0. The van der Waals surface area contributed by atoms with Gasteiger partial charge in [-0.1, -0.05) is 88.1 Å². The Morgan fingerprint density at radius 2 is 1.51 bits per heavy atom. The van der Waals surface area contributed by atoms with Crippen LogP contribution in [0.25, 0.3) is 22.3 Å². The monoisotopic (exact) mass is 480 g/mol. The largest absolute Gasteiger partial charge is 0.378 e. The molecule has 4 heteroatoms. The van der Waals surface area contributed by atoms with Crippen LogP contribution in [0.2, 0.25) is 0 Å². The highest BCUT2D eigenvalue weighted by molar-refractivity contribution is 5.71. The lowest BCUT2D eigenvalue weighted by atomic mass is 9.88. The fraction of sp³-hybridized carbons (Fsp3) is 0.419. The summed E-state index contributed by atoms with van der Waals surface area (Å²) in [4.78, 5) is 0. The minimum Gasteiger partial charge on any atom is -0.378 e. The number of halogens is 3. The summed E-state index contributed by atoms with van der Waals surface area (Å²) in [6.45, 7) is 4.71. The van der Waals surface area contributed by atoms with Crippen LogP contribution in [-0.2, 0) is 11.2 Å². The first-order chi connectivity index (χ1) is 17.0. The fourth-order valence-corrected chi connectivity index (χ4v) is 5.06. The van der Waals surface area contributed by atoms with Gasteiger partial charge in [-0.25, -0.2) is 13.2 Å². The summed E-state index contributed by atoms with van der Waals surface area (Å²) in [5.74, 6) is -1.72. The van der Waals surface area contributed by atoms with Crippen LogP contribution in [0, 0.1) is 17.5 Å². The second-order valence-electron chi connectivity index (χ2n) is 9.69. The van der Waals surface area contributed by atoms with Crippen molar-refractivity contribution in [2.45, 2.75) is 77.2 Å². The lowest BCUT2D eigenvalue weighted by Gasteiger charge is -2.29. The lowest BCUT2D eigenvalue weighted by molar-refractivity contribution is -0.00267. The summed E-state index contributed by atoms with van der Waals surface area (Å²) in [7, 11) is 0. The van der Waals surface area contributed by atoms with Crippen LogP contribution in [0.1, 0.15) is 75.8 Å². The van der Waals surface area contributed by atoms with Crippen molar-refractivity contribution in [3.05, 3.63) is 83.2 Å². The Morgan fingerprint density at radius 1 is 0.771 bits per heavy atom. The van der Waals surface area contributed by atoms with Crippen LogP contribution in [0.5, 0.6) is 0 Å². The van der Waals surface area contributed by atoms with Gasteiger partial charge in [-0.2, -0.15) is 0 Å². The van der Waals surface area contributed by atoms with Crippen molar-refractivity contribution in [3.8, 4) is 22.3 Å². The van der Waals surface area contributed by atoms with Crippen molar-refractivity contribution in [2.24, 2.45) is 0 Å². The number of benzene rings is 3. The first-order valence-electron chi connectivity index (χ1n) is 13.0. The van der Waals surface area contributed by atoms with Gasteiger partial charge >= 0.3 is 0 Å². The molecule has 35 heavy (non-hydrogen) atoms. The van der Waals surface area contributed by atoms with E-state index < -0.39 is 11.6 Å². The molecule has 0 bridgehead atoms. The second kappa shape index (κ2) is 11.9. The normalized spacial score (nSPS) is 18.1. The van der Waals surface area contributed by atoms with Crippen LogP contribution >= 0.6 is 0 Å². The maximum Gasteiger partial charge on any atom is 0.166 e. The molecule has 2 atom stereocenters. The third kappa shape index (κ3) is 5.98. The van der Waals surface area contributed by atoms with E-state index in [9.17, 15) is 8.78 Å². The Balaban J connectivity index is 1.44. The van der Waals surface area contributed by atoms with Gasteiger partial charge < -0.3 is 4.74 Å².